The van der Waals surface area contributed by atoms with Gasteiger partial charge in [-0.05, 0) is 17.5 Å². The topological polar surface area (TPSA) is 74.6 Å². The standard InChI is InChI=1S/C10H12O.CH4O3S/c1-2-9-3-5-10(6-4-9)7-8-11;1-5(2,3)4/h2-6,11H,1,7-8H2;1H3,(H,2,3,4). The molecule has 1 aromatic carbocycles. The van der Waals surface area contributed by atoms with Gasteiger partial charge in [0.05, 0.1) is 6.26 Å². The Kier molecular flexibility index (Phi) is 6.64. The first-order valence-electron chi connectivity index (χ1n) is 4.61. The number of aliphatic hydroxyl groups is 1. The molecule has 1 rings (SSSR count). The van der Waals surface area contributed by atoms with Crippen molar-refractivity contribution in [1.29, 1.82) is 0 Å². The van der Waals surface area contributed by atoms with E-state index in [1.165, 1.54) is 0 Å². The van der Waals surface area contributed by atoms with E-state index in [0.717, 1.165) is 17.5 Å². The molecule has 0 fully saturated rings. The van der Waals surface area contributed by atoms with Crippen molar-refractivity contribution >= 4 is 16.2 Å². The van der Waals surface area contributed by atoms with Gasteiger partial charge in [0, 0.05) is 6.61 Å². The van der Waals surface area contributed by atoms with Crippen LogP contribution in [-0.4, -0.2) is 30.9 Å². The summed E-state index contributed by atoms with van der Waals surface area (Å²) in [6.45, 7) is 3.87. The normalized spacial score (nSPS) is 10.2. The number of benzene rings is 1. The SMILES string of the molecule is C=Cc1ccc(CCO)cc1.CS(=O)(=O)O. The van der Waals surface area contributed by atoms with Gasteiger partial charge in [-0.2, -0.15) is 8.42 Å². The lowest BCUT2D eigenvalue weighted by Crippen LogP contribution is -1.89. The van der Waals surface area contributed by atoms with Crippen LogP contribution in [0.15, 0.2) is 30.8 Å². The van der Waals surface area contributed by atoms with E-state index in [1.807, 2.05) is 30.3 Å². The second-order valence-corrected chi connectivity index (χ2v) is 4.62. The molecule has 2 N–H and O–H groups in total. The molecular weight excluding hydrogens is 228 g/mol. The Bertz CT molecular complexity index is 398. The minimum Gasteiger partial charge on any atom is -0.396 e. The molecule has 0 atom stereocenters. The maximum Gasteiger partial charge on any atom is 0.261 e. The van der Waals surface area contributed by atoms with Gasteiger partial charge in [-0.3, -0.25) is 4.55 Å². The minimum atomic E-state index is -3.67. The highest BCUT2D eigenvalue weighted by molar-refractivity contribution is 7.85. The van der Waals surface area contributed by atoms with Crippen LogP contribution in [0.3, 0.4) is 0 Å². The third-order valence-electron chi connectivity index (χ3n) is 1.62. The van der Waals surface area contributed by atoms with Crippen molar-refractivity contribution in [1.82, 2.24) is 0 Å². The largest absolute Gasteiger partial charge is 0.396 e. The van der Waals surface area contributed by atoms with Gasteiger partial charge in [0.25, 0.3) is 10.1 Å². The average Bonchev–Trinajstić information content (AvgIpc) is 2.17. The van der Waals surface area contributed by atoms with Crippen LogP contribution in [0.1, 0.15) is 11.1 Å². The van der Waals surface area contributed by atoms with Crippen LogP contribution in [0.4, 0.5) is 0 Å². The van der Waals surface area contributed by atoms with Crippen LogP contribution in [0, 0.1) is 0 Å². The van der Waals surface area contributed by atoms with E-state index in [4.69, 9.17) is 9.66 Å². The smallest absolute Gasteiger partial charge is 0.261 e. The van der Waals surface area contributed by atoms with Gasteiger partial charge in [0.15, 0.2) is 0 Å². The molecule has 90 valence electrons. The molecule has 1 aromatic rings. The molecule has 0 unspecified atom stereocenters. The van der Waals surface area contributed by atoms with Crippen molar-refractivity contribution in [2.24, 2.45) is 0 Å². The number of hydrogen-bond acceptors (Lipinski definition) is 3. The maximum atomic E-state index is 9.19. The van der Waals surface area contributed by atoms with E-state index >= 15 is 0 Å². The predicted octanol–water partition coefficient (Wildman–Crippen LogP) is 1.37. The Labute approximate surface area is 96.0 Å². The van der Waals surface area contributed by atoms with Crippen LogP contribution >= 0.6 is 0 Å². The third-order valence-corrected chi connectivity index (χ3v) is 1.62. The Morgan fingerprint density at radius 2 is 1.75 bits per heavy atom. The Morgan fingerprint density at radius 3 is 2.06 bits per heavy atom. The molecule has 0 spiro atoms. The number of rotatable bonds is 3. The van der Waals surface area contributed by atoms with Gasteiger partial charge < -0.3 is 5.11 Å². The summed E-state index contributed by atoms with van der Waals surface area (Å²) in [5.74, 6) is 0. The highest BCUT2D eigenvalue weighted by atomic mass is 32.2. The molecule has 0 saturated carbocycles. The van der Waals surface area contributed by atoms with Crippen LogP contribution in [0.5, 0.6) is 0 Å². The van der Waals surface area contributed by atoms with Crippen LogP contribution < -0.4 is 0 Å². The van der Waals surface area contributed by atoms with Crippen molar-refractivity contribution in [2.75, 3.05) is 12.9 Å². The molecular formula is C11H16O4S. The zero-order valence-electron chi connectivity index (χ0n) is 9.13. The van der Waals surface area contributed by atoms with E-state index < -0.39 is 10.1 Å². The van der Waals surface area contributed by atoms with Crippen molar-refractivity contribution in [3.05, 3.63) is 42.0 Å². The molecule has 5 heteroatoms. The zero-order chi connectivity index (χ0) is 12.6. The first-order valence-corrected chi connectivity index (χ1v) is 6.46. The van der Waals surface area contributed by atoms with Gasteiger partial charge in [0.2, 0.25) is 0 Å². The van der Waals surface area contributed by atoms with Crippen LogP contribution in [0.2, 0.25) is 0 Å². The third kappa shape index (κ3) is 9.39. The summed E-state index contributed by atoms with van der Waals surface area (Å²) >= 11 is 0. The summed E-state index contributed by atoms with van der Waals surface area (Å²) in [6.07, 6.45) is 3.26. The van der Waals surface area contributed by atoms with Crippen molar-refractivity contribution in [2.45, 2.75) is 6.42 Å². The number of aliphatic hydroxyl groups excluding tert-OH is 1. The second-order valence-electron chi connectivity index (χ2n) is 3.15. The quantitative estimate of drug-likeness (QED) is 0.787. The van der Waals surface area contributed by atoms with Gasteiger partial charge >= 0.3 is 0 Å². The fourth-order valence-electron chi connectivity index (χ4n) is 0.949. The molecule has 0 radical (unpaired) electrons. The van der Waals surface area contributed by atoms with Gasteiger partial charge in [-0.15, -0.1) is 0 Å². The van der Waals surface area contributed by atoms with Gasteiger partial charge in [-0.25, -0.2) is 0 Å². The Hall–Kier alpha value is -1.17. The fourth-order valence-corrected chi connectivity index (χ4v) is 0.949. The molecule has 0 aromatic heterocycles. The molecule has 0 aliphatic carbocycles. The first-order chi connectivity index (χ1) is 7.36. The Balaban J connectivity index is 0.000000385. The highest BCUT2D eigenvalue weighted by Gasteiger charge is 1.89. The summed E-state index contributed by atoms with van der Waals surface area (Å²) in [5, 5.41) is 8.63. The van der Waals surface area contributed by atoms with E-state index in [-0.39, 0.29) is 6.61 Å². The average molecular weight is 244 g/mol. The summed E-state index contributed by atoms with van der Waals surface area (Å²) in [5.41, 5.74) is 2.28. The van der Waals surface area contributed by atoms with E-state index in [0.29, 0.717) is 6.26 Å². The molecule has 16 heavy (non-hydrogen) atoms. The molecule has 0 bridgehead atoms. The molecule has 0 saturated heterocycles. The summed E-state index contributed by atoms with van der Waals surface area (Å²) < 4.78 is 25.9. The highest BCUT2D eigenvalue weighted by Crippen LogP contribution is 2.05. The first kappa shape index (κ1) is 14.8. The lowest BCUT2D eigenvalue weighted by atomic mass is 10.1. The van der Waals surface area contributed by atoms with Crippen molar-refractivity contribution in [3.63, 3.8) is 0 Å². The summed E-state index contributed by atoms with van der Waals surface area (Å²) in [4.78, 5) is 0. The summed E-state index contributed by atoms with van der Waals surface area (Å²) in [7, 11) is -3.67. The fraction of sp³-hybridized carbons (Fsp3) is 0.273. The van der Waals surface area contributed by atoms with Crippen LogP contribution in [0.25, 0.3) is 6.08 Å². The lowest BCUT2D eigenvalue weighted by Gasteiger charge is -1.97. The lowest BCUT2D eigenvalue weighted by molar-refractivity contribution is 0.299. The zero-order valence-corrected chi connectivity index (χ0v) is 9.94. The van der Waals surface area contributed by atoms with Crippen molar-refractivity contribution in [3.8, 4) is 0 Å². The summed E-state index contributed by atoms with van der Waals surface area (Å²) in [6, 6.07) is 8.01. The van der Waals surface area contributed by atoms with E-state index in [9.17, 15) is 8.42 Å². The van der Waals surface area contributed by atoms with Crippen LogP contribution in [-0.2, 0) is 16.5 Å². The second kappa shape index (κ2) is 7.16. The Morgan fingerprint density at radius 1 is 1.31 bits per heavy atom. The monoisotopic (exact) mass is 244 g/mol. The molecule has 0 aliphatic rings. The van der Waals surface area contributed by atoms with Gasteiger partial charge in [0.1, 0.15) is 0 Å². The van der Waals surface area contributed by atoms with Crippen molar-refractivity contribution < 1.29 is 18.1 Å². The minimum absolute atomic E-state index is 0.216. The molecule has 4 nitrogen and oxygen atoms in total. The van der Waals surface area contributed by atoms with E-state index in [1.54, 1.807) is 0 Å². The van der Waals surface area contributed by atoms with E-state index in [2.05, 4.69) is 6.58 Å². The molecule has 0 aliphatic heterocycles. The number of hydrogen-bond donors (Lipinski definition) is 2. The molecule has 0 amide bonds. The predicted molar refractivity (Wildman–Crippen MR) is 64.8 cm³/mol. The molecule has 0 heterocycles. The van der Waals surface area contributed by atoms with Gasteiger partial charge in [-0.1, -0.05) is 36.9 Å². The maximum absolute atomic E-state index is 9.19.